The second-order valence-corrected chi connectivity index (χ2v) is 2.07. The number of hydrogen-bond donors (Lipinski definition) is 0. The van der Waals surface area contributed by atoms with Crippen LogP contribution in [0.3, 0.4) is 0 Å². The lowest BCUT2D eigenvalue weighted by molar-refractivity contribution is -0.129. The molecule has 1 amide bonds. The molecule has 0 bridgehead atoms. The topological polar surface area (TPSA) is 44.1 Å². The molecule has 0 spiro atoms. The summed E-state index contributed by atoms with van der Waals surface area (Å²) < 4.78 is 0. The molecule has 56 valence electrons. The van der Waals surface area contributed by atoms with Crippen LogP contribution in [0.5, 0.6) is 0 Å². The SMILES string of the molecule is CCN(C)C(=O)CCC#N. The molecule has 0 aromatic heterocycles. The van der Waals surface area contributed by atoms with Gasteiger partial charge < -0.3 is 4.90 Å². The van der Waals surface area contributed by atoms with Gasteiger partial charge in [-0.25, -0.2) is 0 Å². The molecule has 3 heteroatoms. The van der Waals surface area contributed by atoms with Gasteiger partial charge in [0.25, 0.3) is 0 Å². The van der Waals surface area contributed by atoms with Crippen LogP contribution in [-0.4, -0.2) is 24.4 Å². The number of rotatable bonds is 3. The summed E-state index contributed by atoms with van der Waals surface area (Å²) in [6, 6.07) is 1.93. The van der Waals surface area contributed by atoms with Crippen molar-refractivity contribution in [3.63, 3.8) is 0 Å². The lowest BCUT2D eigenvalue weighted by atomic mass is 10.3. The van der Waals surface area contributed by atoms with Crippen molar-refractivity contribution >= 4 is 5.91 Å². The zero-order valence-electron chi connectivity index (χ0n) is 6.42. The van der Waals surface area contributed by atoms with Crippen LogP contribution >= 0.6 is 0 Å². The Kier molecular flexibility index (Phi) is 4.30. The van der Waals surface area contributed by atoms with Gasteiger partial charge in [-0.3, -0.25) is 4.79 Å². The van der Waals surface area contributed by atoms with Crippen molar-refractivity contribution in [2.24, 2.45) is 0 Å². The van der Waals surface area contributed by atoms with Gasteiger partial charge in [-0.2, -0.15) is 5.26 Å². The van der Waals surface area contributed by atoms with Crippen molar-refractivity contribution in [1.29, 1.82) is 5.26 Å². The maximum Gasteiger partial charge on any atom is 0.223 e. The van der Waals surface area contributed by atoms with Crippen LogP contribution in [0.15, 0.2) is 0 Å². The molecule has 0 aliphatic carbocycles. The van der Waals surface area contributed by atoms with E-state index in [-0.39, 0.29) is 5.91 Å². The van der Waals surface area contributed by atoms with Crippen LogP contribution in [0, 0.1) is 11.3 Å². The number of nitrogens with zero attached hydrogens (tertiary/aromatic N) is 2. The molecule has 3 nitrogen and oxygen atoms in total. The summed E-state index contributed by atoms with van der Waals surface area (Å²) in [6.07, 6.45) is 0.671. The highest BCUT2D eigenvalue weighted by molar-refractivity contribution is 5.75. The fourth-order valence-electron chi connectivity index (χ4n) is 0.530. The van der Waals surface area contributed by atoms with Crippen LogP contribution in [0.2, 0.25) is 0 Å². The first-order valence-electron chi connectivity index (χ1n) is 3.33. The predicted octanol–water partition coefficient (Wildman–Crippen LogP) is 0.768. The molecular weight excluding hydrogens is 128 g/mol. The van der Waals surface area contributed by atoms with E-state index in [2.05, 4.69) is 0 Å². The third kappa shape index (κ3) is 3.08. The van der Waals surface area contributed by atoms with Crippen molar-refractivity contribution in [1.82, 2.24) is 4.90 Å². The average Bonchev–Trinajstić information content (AvgIpc) is 1.98. The molecule has 0 aliphatic heterocycles. The highest BCUT2D eigenvalue weighted by atomic mass is 16.2. The molecule has 0 unspecified atom stereocenters. The highest BCUT2D eigenvalue weighted by Crippen LogP contribution is 1.92. The minimum absolute atomic E-state index is 0.0454. The van der Waals surface area contributed by atoms with Crippen LogP contribution in [0.25, 0.3) is 0 Å². The maximum atomic E-state index is 10.9. The van der Waals surface area contributed by atoms with E-state index in [4.69, 9.17) is 5.26 Å². The molecule has 0 aromatic rings. The average molecular weight is 140 g/mol. The Labute approximate surface area is 61.2 Å². The van der Waals surface area contributed by atoms with Crippen molar-refractivity contribution in [2.45, 2.75) is 19.8 Å². The first kappa shape index (κ1) is 8.96. The normalized spacial score (nSPS) is 8.50. The van der Waals surface area contributed by atoms with Gasteiger partial charge in [-0.15, -0.1) is 0 Å². The predicted molar refractivity (Wildman–Crippen MR) is 38.2 cm³/mol. The molecule has 10 heavy (non-hydrogen) atoms. The first-order chi connectivity index (χ1) is 4.72. The van der Waals surface area contributed by atoms with Crippen molar-refractivity contribution in [3.8, 4) is 6.07 Å². The number of hydrogen-bond acceptors (Lipinski definition) is 2. The minimum atomic E-state index is 0.0454. The minimum Gasteiger partial charge on any atom is -0.346 e. The Balaban J connectivity index is 3.54. The van der Waals surface area contributed by atoms with E-state index in [1.807, 2.05) is 13.0 Å². The van der Waals surface area contributed by atoms with E-state index in [9.17, 15) is 4.79 Å². The van der Waals surface area contributed by atoms with Gasteiger partial charge in [0.05, 0.1) is 6.07 Å². The molecular formula is C7H12N2O. The second kappa shape index (κ2) is 4.80. The van der Waals surface area contributed by atoms with Gasteiger partial charge in [0.15, 0.2) is 0 Å². The molecule has 0 saturated heterocycles. The zero-order chi connectivity index (χ0) is 7.98. The van der Waals surface area contributed by atoms with E-state index < -0.39 is 0 Å². The molecule has 0 aliphatic rings. The molecule has 0 radical (unpaired) electrons. The van der Waals surface area contributed by atoms with Gasteiger partial charge in [0.1, 0.15) is 0 Å². The monoisotopic (exact) mass is 140 g/mol. The quantitative estimate of drug-likeness (QED) is 0.581. The number of nitriles is 1. The van der Waals surface area contributed by atoms with E-state index in [1.165, 1.54) is 0 Å². The second-order valence-electron chi connectivity index (χ2n) is 2.07. The van der Waals surface area contributed by atoms with Gasteiger partial charge in [-0.05, 0) is 6.92 Å². The Morgan fingerprint density at radius 2 is 2.30 bits per heavy atom. The highest BCUT2D eigenvalue weighted by Gasteiger charge is 2.03. The van der Waals surface area contributed by atoms with Crippen LogP contribution in [-0.2, 0) is 4.79 Å². The third-order valence-electron chi connectivity index (χ3n) is 1.35. The summed E-state index contributed by atoms with van der Waals surface area (Å²) in [6.45, 7) is 2.62. The van der Waals surface area contributed by atoms with Crippen LogP contribution < -0.4 is 0 Å². The Morgan fingerprint density at radius 1 is 1.70 bits per heavy atom. The van der Waals surface area contributed by atoms with Gasteiger partial charge >= 0.3 is 0 Å². The Hall–Kier alpha value is -1.04. The third-order valence-corrected chi connectivity index (χ3v) is 1.35. The molecule has 0 saturated carbocycles. The Bertz CT molecular complexity index is 148. The summed E-state index contributed by atoms with van der Waals surface area (Å²) in [5.74, 6) is 0.0454. The standard InChI is InChI=1S/C7H12N2O/c1-3-9(2)7(10)5-4-6-8/h3-5H2,1-2H3. The molecule has 0 atom stereocenters. The number of carbonyl (C=O) groups is 1. The summed E-state index contributed by atoms with van der Waals surface area (Å²) in [5, 5.41) is 8.15. The molecule has 0 N–H and O–H groups in total. The summed E-state index contributed by atoms with van der Waals surface area (Å²) in [5.41, 5.74) is 0. The lowest BCUT2D eigenvalue weighted by Crippen LogP contribution is -2.25. The summed E-state index contributed by atoms with van der Waals surface area (Å²) in [4.78, 5) is 12.5. The van der Waals surface area contributed by atoms with Crippen molar-refractivity contribution < 1.29 is 4.79 Å². The van der Waals surface area contributed by atoms with Crippen LogP contribution in [0.1, 0.15) is 19.8 Å². The van der Waals surface area contributed by atoms with Crippen molar-refractivity contribution in [2.75, 3.05) is 13.6 Å². The maximum absolute atomic E-state index is 10.9. The summed E-state index contributed by atoms with van der Waals surface area (Å²) >= 11 is 0. The van der Waals surface area contributed by atoms with Crippen molar-refractivity contribution in [3.05, 3.63) is 0 Å². The van der Waals surface area contributed by atoms with E-state index in [0.29, 0.717) is 19.4 Å². The zero-order valence-corrected chi connectivity index (χ0v) is 6.42. The smallest absolute Gasteiger partial charge is 0.223 e. The molecule has 0 rings (SSSR count). The lowest BCUT2D eigenvalue weighted by Gasteiger charge is -2.12. The van der Waals surface area contributed by atoms with Gasteiger partial charge in [-0.1, -0.05) is 0 Å². The largest absolute Gasteiger partial charge is 0.346 e. The Morgan fingerprint density at radius 3 is 2.70 bits per heavy atom. The van der Waals surface area contributed by atoms with E-state index in [0.717, 1.165) is 0 Å². The number of carbonyl (C=O) groups excluding carboxylic acids is 1. The van der Waals surface area contributed by atoms with Gasteiger partial charge in [0.2, 0.25) is 5.91 Å². The van der Waals surface area contributed by atoms with Gasteiger partial charge in [0, 0.05) is 26.4 Å². The fourth-order valence-corrected chi connectivity index (χ4v) is 0.530. The first-order valence-corrected chi connectivity index (χ1v) is 3.33. The van der Waals surface area contributed by atoms with E-state index >= 15 is 0 Å². The molecule has 0 aromatic carbocycles. The fraction of sp³-hybridized carbons (Fsp3) is 0.714. The van der Waals surface area contributed by atoms with E-state index in [1.54, 1.807) is 11.9 Å². The molecule has 0 fully saturated rings. The molecule has 0 heterocycles. The summed E-state index contributed by atoms with van der Waals surface area (Å²) in [7, 11) is 1.74. The number of amides is 1. The van der Waals surface area contributed by atoms with Crippen LogP contribution in [0.4, 0.5) is 0 Å².